The number of fused-ring (bicyclic) bond motifs is 1. The van der Waals surface area contributed by atoms with E-state index in [4.69, 9.17) is 5.11 Å². The summed E-state index contributed by atoms with van der Waals surface area (Å²) >= 11 is 1.20. The maximum absolute atomic E-state index is 12.6. The summed E-state index contributed by atoms with van der Waals surface area (Å²) in [6, 6.07) is 3.01. The predicted octanol–water partition coefficient (Wildman–Crippen LogP) is 2.86. The van der Waals surface area contributed by atoms with E-state index in [2.05, 4.69) is 0 Å². The molecule has 2 rings (SSSR count). The standard InChI is InChI=1S/C12H11F3O3S/c13-12(14,15)7-1-2-8-9(5-7)19-4-3-11(8,18)6-10(16)17/h1-2,5,18H,3-4,6H2,(H,16,17). The highest BCUT2D eigenvalue weighted by atomic mass is 32.2. The van der Waals surface area contributed by atoms with Crippen molar-refractivity contribution >= 4 is 17.7 Å². The maximum Gasteiger partial charge on any atom is 0.416 e. The molecular formula is C12H11F3O3S. The van der Waals surface area contributed by atoms with Gasteiger partial charge >= 0.3 is 12.1 Å². The average Bonchev–Trinajstić information content (AvgIpc) is 2.26. The Kier molecular flexibility index (Phi) is 3.53. The number of rotatable bonds is 2. The summed E-state index contributed by atoms with van der Waals surface area (Å²) in [5, 5.41) is 19.1. The highest BCUT2D eigenvalue weighted by Crippen LogP contribution is 2.44. The minimum Gasteiger partial charge on any atom is -0.481 e. The molecule has 0 aliphatic carbocycles. The lowest BCUT2D eigenvalue weighted by atomic mass is 9.87. The van der Waals surface area contributed by atoms with E-state index in [1.807, 2.05) is 0 Å². The van der Waals surface area contributed by atoms with Gasteiger partial charge in [0.05, 0.1) is 12.0 Å². The van der Waals surface area contributed by atoms with E-state index in [0.717, 1.165) is 12.1 Å². The fourth-order valence-electron chi connectivity index (χ4n) is 2.10. The van der Waals surface area contributed by atoms with Crippen LogP contribution in [0.4, 0.5) is 13.2 Å². The molecule has 104 valence electrons. The quantitative estimate of drug-likeness (QED) is 0.880. The van der Waals surface area contributed by atoms with E-state index in [9.17, 15) is 23.1 Å². The molecule has 1 aromatic carbocycles. The van der Waals surface area contributed by atoms with Crippen LogP contribution in [0.15, 0.2) is 23.1 Å². The van der Waals surface area contributed by atoms with E-state index in [-0.39, 0.29) is 12.0 Å². The molecule has 3 nitrogen and oxygen atoms in total. The lowest BCUT2D eigenvalue weighted by molar-refractivity contribution is -0.143. The topological polar surface area (TPSA) is 57.5 Å². The highest BCUT2D eigenvalue weighted by Gasteiger charge is 2.39. The third kappa shape index (κ3) is 2.87. The number of aliphatic hydroxyl groups is 1. The number of carboxylic acid groups (broad SMARTS) is 1. The SMILES string of the molecule is O=C(O)CC1(O)CCSc2cc(C(F)(F)F)ccc21. The van der Waals surface area contributed by atoms with Gasteiger partial charge < -0.3 is 10.2 Å². The molecule has 0 fully saturated rings. The second kappa shape index (κ2) is 4.72. The summed E-state index contributed by atoms with van der Waals surface area (Å²) in [5.41, 5.74) is -2.12. The zero-order valence-corrected chi connectivity index (χ0v) is 10.5. The molecule has 0 bridgehead atoms. The van der Waals surface area contributed by atoms with Crippen molar-refractivity contribution in [2.45, 2.75) is 29.5 Å². The van der Waals surface area contributed by atoms with Crippen LogP contribution in [0.2, 0.25) is 0 Å². The predicted molar refractivity (Wildman–Crippen MR) is 62.9 cm³/mol. The van der Waals surface area contributed by atoms with Gasteiger partial charge in [-0.2, -0.15) is 13.2 Å². The van der Waals surface area contributed by atoms with Crippen molar-refractivity contribution in [1.82, 2.24) is 0 Å². The minimum absolute atomic E-state index is 0.211. The van der Waals surface area contributed by atoms with E-state index in [0.29, 0.717) is 10.6 Å². The molecule has 1 aliphatic rings. The van der Waals surface area contributed by atoms with E-state index in [1.54, 1.807) is 0 Å². The maximum atomic E-state index is 12.6. The van der Waals surface area contributed by atoms with Crippen molar-refractivity contribution in [3.05, 3.63) is 29.3 Å². The Hall–Kier alpha value is -1.21. The summed E-state index contributed by atoms with van der Waals surface area (Å²) in [6.07, 6.45) is -4.74. The Morgan fingerprint density at radius 3 is 2.68 bits per heavy atom. The van der Waals surface area contributed by atoms with Gasteiger partial charge in [0.2, 0.25) is 0 Å². The number of halogens is 3. The van der Waals surface area contributed by atoms with Crippen molar-refractivity contribution < 1.29 is 28.2 Å². The van der Waals surface area contributed by atoms with Crippen molar-refractivity contribution in [2.75, 3.05) is 5.75 Å². The molecular weight excluding hydrogens is 281 g/mol. The molecule has 1 unspecified atom stereocenters. The first kappa shape index (κ1) is 14.2. The monoisotopic (exact) mass is 292 g/mol. The van der Waals surface area contributed by atoms with Crippen molar-refractivity contribution in [3.8, 4) is 0 Å². The number of aliphatic carboxylic acids is 1. The molecule has 0 spiro atoms. The zero-order chi connectivity index (χ0) is 14.3. The van der Waals surface area contributed by atoms with Crippen LogP contribution in [0.25, 0.3) is 0 Å². The molecule has 7 heteroatoms. The van der Waals surface area contributed by atoms with Gasteiger partial charge in [0.1, 0.15) is 5.60 Å². The fraction of sp³-hybridized carbons (Fsp3) is 0.417. The number of thioether (sulfide) groups is 1. The van der Waals surface area contributed by atoms with Crippen LogP contribution in [0.3, 0.4) is 0 Å². The number of carboxylic acids is 1. The van der Waals surface area contributed by atoms with Crippen LogP contribution in [0.5, 0.6) is 0 Å². The van der Waals surface area contributed by atoms with Crippen LogP contribution < -0.4 is 0 Å². The number of hydrogen-bond donors (Lipinski definition) is 2. The number of carbonyl (C=O) groups is 1. The van der Waals surface area contributed by atoms with Gasteiger partial charge in [0, 0.05) is 10.6 Å². The molecule has 0 aromatic heterocycles. The van der Waals surface area contributed by atoms with Gasteiger partial charge in [0.25, 0.3) is 0 Å². The molecule has 0 saturated heterocycles. The van der Waals surface area contributed by atoms with Crippen LogP contribution >= 0.6 is 11.8 Å². The normalized spacial score (nSPS) is 22.9. The molecule has 2 N–H and O–H groups in total. The Morgan fingerprint density at radius 1 is 1.42 bits per heavy atom. The van der Waals surface area contributed by atoms with Crippen molar-refractivity contribution in [1.29, 1.82) is 0 Å². The fourth-order valence-corrected chi connectivity index (χ4v) is 3.38. The van der Waals surface area contributed by atoms with Crippen molar-refractivity contribution in [3.63, 3.8) is 0 Å². The molecule has 1 atom stereocenters. The molecule has 0 amide bonds. The van der Waals surface area contributed by atoms with Gasteiger partial charge in [-0.15, -0.1) is 11.8 Å². The van der Waals surface area contributed by atoms with Gasteiger partial charge in [-0.1, -0.05) is 6.07 Å². The Balaban J connectivity index is 2.44. The number of hydrogen-bond acceptors (Lipinski definition) is 3. The molecule has 1 heterocycles. The molecule has 1 aliphatic heterocycles. The van der Waals surface area contributed by atoms with Crippen LogP contribution in [-0.4, -0.2) is 21.9 Å². The van der Waals surface area contributed by atoms with Gasteiger partial charge in [-0.25, -0.2) is 0 Å². The summed E-state index contributed by atoms with van der Waals surface area (Å²) in [5.74, 6) is -0.793. The molecule has 0 saturated carbocycles. The summed E-state index contributed by atoms with van der Waals surface area (Å²) < 4.78 is 37.8. The van der Waals surface area contributed by atoms with Gasteiger partial charge in [0.15, 0.2) is 0 Å². The van der Waals surface area contributed by atoms with Crippen molar-refractivity contribution in [2.24, 2.45) is 0 Å². The molecule has 1 aromatic rings. The summed E-state index contributed by atoms with van der Waals surface area (Å²) in [4.78, 5) is 11.1. The molecule has 0 radical (unpaired) electrons. The third-order valence-corrected chi connectivity index (χ3v) is 4.08. The number of benzene rings is 1. The third-order valence-electron chi connectivity index (χ3n) is 3.03. The van der Waals surface area contributed by atoms with Crippen LogP contribution in [0, 0.1) is 0 Å². The second-order valence-corrected chi connectivity index (χ2v) is 5.55. The Bertz CT molecular complexity index is 515. The van der Waals surface area contributed by atoms with E-state index < -0.39 is 29.7 Å². The smallest absolute Gasteiger partial charge is 0.416 e. The first-order valence-electron chi connectivity index (χ1n) is 5.51. The summed E-state index contributed by atoms with van der Waals surface area (Å²) in [7, 11) is 0. The summed E-state index contributed by atoms with van der Waals surface area (Å²) in [6.45, 7) is 0. The van der Waals surface area contributed by atoms with Gasteiger partial charge in [-0.05, 0) is 24.1 Å². The first-order valence-corrected chi connectivity index (χ1v) is 6.50. The Labute approximate surface area is 111 Å². The Morgan fingerprint density at radius 2 is 2.11 bits per heavy atom. The first-order chi connectivity index (χ1) is 8.72. The van der Waals surface area contributed by atoms with E-state index in [1.165, 1.54) is 17.8 Å². The van der Waals surface area contributed by atoms with Gasteiger partial charge in [-0.3, -0.25) is 4.79 Å². The number of alkyl halides is 3. The lowest BCUT2D eigenvalue weighted by Gasteiger charge is -2.33. The minimum atomic E-state index is -4.45. The second-order valence-electron chi connectivity index (χ2n) is 4.41. The van der Waals surface area contributed by atoms with E-state index >= 15 is 0 Å². The van der Waals surface area contributed by atoms with Crippen LogP contribution in [-0.2, 0) is 16.6 Å². The zero-order valence-electron chi connectivity index (χ0n) is 9.70. The molecule has 19 heavy (non-hydrogen) atoms. The van der Waals surface area contributed by atoms with Crippen LogP contribution in [0.1, 0.15) is 24.0 Å². The average molecular weight is 292 g/mol. The highest BCUT2D eigenvalue weighted by molar-refractivity contribution is 7.99. The lowest BCUT2D eigenvalue weighted by Crippen LogP contribution is -2.32. The largest absolute Gasteiger partial charge is 0.481 e.